The van der Waals surface area contributed by atoms with E-state index in [2.05, 4.69) is 5.32 Å². The second-order valence-electron chi connectivity index (χ2n) is 4.75. The van der Waals surface area contributed by atoms with Crippen LogP contribution in [-0.2, 0) is 16.0 Å². The van der Waals surface area contributed by atoms with Crippen molar-refractivity contribution in [2.45, 2.75) is 32.7 Å². The minimum absolute atomic E-state index is 0.0660. The van der Waals surface area contributed by atoms with Gasteiger partial charge in [-0.15, -0.1) is 0 Å². The predicted octanol–water partition coefficient (Wildman–Crippen LogP) is 1.52. The molecular weight excluding hydrogens is 266 g/mol. The Morgan fingerprint density at radius 1 is 1.35 bits per heavy atom. The molecule has 6 heteroatoms. The molecule has 1 aromatic carbocycles. The molecule has 0 fully saturated rings. The summed E-state index contributed by atoms with van der Waals surface area (Å²) in [5.74, 6) is -2.78. The Bertz CT molecular complexity index is 506. The van der Waals surface area contributed by atoms with Crippen molar-refractivity contribution in [3.8, 4) is 0 Å². The molecule has 4 nitrogen and oxygen atoms in total. The third-order valence-electron chi connectivity index (χ3n) is 3.20. The highest BCUT2D eigenvalue weighted by Gasteiger charge is 2.23. The van der Waals surface area contributed by atoms with E-state index in [1.807, 2.05) is 6.92 Å². The molecule has 0 saturated heterocycles. The summed E-state index contributed by atoms with van der Waals surface area (Å²) in [6, 6.07) is 2.19. The minimum atomic E-state index is -0.795. The van der Waals surface area contributed by atoms with Crippen LogP contribution in [0.25, 0.3) is 0 Å². The Balaban J connectivity index is 2.73. The Morgan fingerprint density at radius 3 is 2.50 bits per heavy atom. The molecule has 110 valence electrons. The van der Waals surface area contributed by atoms with Gasteiger partial charge < -0.3 is 11.1 Å². The fourth-order valence-corrected chi connectivity index (χ4v) is 1.79. The number of amides is 2. The lowest BCUT2D eigenvalue weighted by Crippen LogP contribution is -2.48. The average Bonchev–Trinajstić information content (AvgIpc) is 2.38. The molecule has 0 aliphatic carbocycles. The van der Waals surface area contributed by atoms with E-state index in [0.717, 1.165) is 6.07 Å². The van der Waals surface area contributed by atoms with Gasteiger partial charge in [0.15, 0.2) is 0 Å². The summed E-state index contributed by atoms with van der Waals surface area (Å²) in [7, 11) is 0. The molecule has 0 aliphatic rings. The molecule has 0 bridgehead atoms. The first kappa shape index (κ1) is 16.1. The van der Waals surface area contributed by atoms with Crippen LogP contribution in [0.15, 0.2) is 18.2 Å². The van der Waals surface area contributed by atoms with Gasteiger partial charge >= 0.3 is 0 Å². The van der Waals surface area contributed by atoms with Crippen molar-refractivity contribution < 1.29 is 18.4 Å². The van der Waals surface area contributed by atoms with Crippen LogP contribution < -0.4 is 11.1 Å². The summed E-state index contributed by atoms with van der Waals surface area (Å²) in [5.41, 5.74) is 5.29. The van der Waals surface area contributed by atoms with Crippen molar-refractivity contribution in [2.24, 2.45) is 11.7 Å². The van der Waals surface area contributed by atoms with Gasteiger partial charge in [-0.3, -0.25) is 9.59 Å². The molecule has 2 amide bonds. The molecule has 2 atom stereocenters. The van der Waals surface area contributed by atoms with Crippen molar-refractivity contribution in [3.63, 3.8) is 0 Å². The molecule has 0 saturated carbocycles. The Hall–Kier alpha value is -1.98. The lowest BCUT2D eigenvalue weighted by atomic mass is 9.98. The fraction of sp³-hybridized carbons (Fsp3) is 0.429. The summed E-state index contributed by atoms with van der Waals surface area (Å²) in [6.45, 7) is 3.65. The Labute approximate surface area is 116 Å². The van der Waals surface area contributed by atoms with Crippen LogP contribution in [0.1, 0.15) is 25.8 Å². The highest BCUT2D eigenvalue weighted by atomic mass is 19.1. The van der Waals surface area contributed by atoms with E-state index in [1.165, 1.54) is 6.07 Å². The molecule has 20 heavy (non-hydrogen) atoms. The number of carbonyl (C=O) groups is 2. The van der Waals surface area contributed by atoms with Crippen LogP contribution in [0, 0.1) is 17.6 Å². The number of hydrogen-bond donors (Lipinski definition) is 2. The van der Waals surface area contributed by atoms with E-state index in [0.29, 0.717) is 12.5 Å². The van der Waals surface area contributed by atoms with Crippen LogP contribution in [0.5, 0.6) is 0 Å². The van der Waals surface area contributed by atoms with Gasteiger partial charge in [0, 0.05) is 6.07 Å². The van der Waals surface area contributed by atoms with Gasteiger partial charge in [-0.2, -0.15) is 0 Å². The maximum atomic E-state index is 13.4. The molecular formula is C14H18F2N2O2. The molecule has 0 aliphatic heterocycles. The molecule has 3 N–H and O–H groups in total. The highest BCUT2D eigenvalue weighted by molar-refractivity contribution is 5.87. The minimum Gasteiger partial charge on any atom is -0.368 e. The Morgan fingerprint density at radius 2 is 2.00 bits per heavy atom. The number of hydrogen-bond acceptors (Lipinski definition) is 2. The van der Waals surface area contributed by atoms with E-state index in [4.69, 9.17) is 5.73 Å². The van der Waals surface area contributed by atoms with E-state index in [9.17, 15) is 18.4 Å². The van der Waals surface area contributed by atoms with E-state index >= 15 is 0 Å². The zero-order valence-corrected chi connectivity index (χ0v) is 11.5. The first-order chi connectivity index (χ1) is 9.35. The van der Waals surface area contributed by atoms with Crippen LogP contribution >= 0.6 is 0 Å². The van der Waals surface area contributed by atoms with Gasteiger partial charge in [0.25, 0.3) is 0 Å². The first-order valence-electron chi connectivity index (χ1n) is 6.37. The van der Waals surface area contributed by atoms with Crippen molar-refractivity contribution in [1.29, 1.82) is 0 Å². The van der Waals surface area contributed by atoms with Crippen LogP contribution in [0.4, 0.5) is 8.78 Å². The third-order valence-corrected chi connectivity index (χ3v) is 3.20. The van der Waals surface area contributed by atoms with Gasteiger partial charge in [-0.1, -0.05) is 26.3 Å². The second-order valence-corrected chi connectivity index (χ2v) is 4.75. The van der Waals surface area contributed by atoms with Crippen molar-refractivity contribution in [3.05, 3.63) is 35.4 Å². The quantitative estimate of drug-likeness (QED) is 0.831. The molecule has 1 rings (SSSR count). The van der Waals surface area contributed by atoms with E-state index in [-0.39, 0.29) is 17.9 Å². The molecule has 0 spiro atoms. The van der Waals surface area contributed by atoms with Gasteiger partial charge in [-0.05, 0) is 17.5 Å². The van der Waals surface area contributed by atoms with E-state index in [1.54, 1.807) is 6.92 Å². The van der Waals surface area contributed by atoms with Gasteiger partial charge in [-0.25, -0.2) is 8.78 Å². The SMILES string of the molecule is CC[C@@H](C)[C@H](NC(=O)Cc1ccc(F)cc1F)C(N)=O. The number of primary amides is 1. The van der Waals surface area contributed by atoms with Gasteiger partial charge in [0.05, 0.1) is 6.42 Å². The molecule has 1 aromatic rings. The van der Waals surface area contributed by atoms with Gasteiger partial charge in [0.1, 0.15) is 17.7 Å². The third kappa shape index (κ3) is 4.29. The maximum absolute atomic E-state index is 13.4. The molecule has 0 radical (unpaired) electrons. The highest BCUT2D eigenvalue weighted by Crippen LogP contribution is 2.11. The molecule has 0 unspecified atom stereocenters. The maximum Gasteiger partial charge on any atom is 0.240 e. The average molecular weight is 284 g/mol. The predicted molar refractivity (Wildman–Crippen MR) is 70.6 cm³/mol. The lowest BCUT2D eigenvalue weighted by molar-refractivity contribution is -0.128. The number of nitrogens with two attached hydrogens (primary N) is 1. The van der Waals surface area contributed by atoms with Crippen LogP contribution in [-0.4, -0.2) is 17.9 Å². The second kappa shape index (κ2) is 6.98. The molecule has 0 aromatic heterocycles. The zero-order valence-electron chi connectivity index (χ0n) is 11.5. The van der Waals surface area contributed by atoms with Crippen molar-refractivity contribution in [1.82, 2.24) is 5.32 Å². The number of rotatable bonds is 6. The number of benzene rings is 1. The summed E-state index contributed by atoms with van der Waals surface area (Å²) in [6.07, 6.45) is 0.394. The topological polar surface area (TPSA) is 72.2 Å². The van der Waals surface area contributed by atoms with Crippen molar-refractivity contribution >= 4 is 11.8 Å². The number of halogens is 2. The number of carbonyl (C=O) groups excluding carboxylic acids is 2. The summed E-state index contributed by atoms with van der Waals surface area (Å²) >= 11 is 0. The van der Waals surface area contributed by atoms with Crippen molar-refractivity contribution in [2.75, 3.05) is 0 Å². The van der Waals surface area contributed by atoms with E-state index < -0.39 is 29.5 Å². The summed E-state index contributed by atoms with van der Waals surface area (Å²) in [4.78, 5) is 23.1. The van der Waals surface area contributed by atoms with Crippen LogP contribution in [0.2, 0.25) is 0 Å². The standard InChI is InChI=1S/C14H18F2N2O2/c1-3-8(2)13(14(17)20)18-12(19)6-9-4-5-10(15)7-11(9)16/h4-5,7-8,13H,3,6H2,1-2H3,(H2,17,20)(H,18,19)/t8-,13+/m1/s1. The first-order valence-corrected chi connectivity index (χ1v) is 6.37. The summed E-state index contributed by atoms with van der Waals surface area (Å²) < 4.78 is 26.2. The molecule has 0 heterocycles. The smallest absolute Gasteiger partial charge is 0.240 e. The normalized spacial score (nSPS) is 13.6. The lowest BCUT2D eigenvalue weighted by Gasteiger charge is -2.21. The Kier molecular flexibility index (Phi) is 5.61. The van der Waals surface area contributed by atoms with Crippen LogP contribution in [0.3, 0.4) is 0 Å². The largest absolute Gasteiger partial charge is 0.368 e. The zero-order chi connectivity index (χ0) is 15.3. The fourth-order valence-electron chi connectivity index (χ4n) is 1.79. The van der Waals surface area contributed by atoms with Gasteiger partial charge in [0.2, 0.25) is 11.8 Å². The summed E-state index contributed by atoms with van der Waals surface area (Å²) in [5, 5.41) is 2.48. The number of nitrogens with one attached hydrogen (secondary N) is 1. The monoisotopic (exact) mass is 284 g/mol.